The van der Waals surface area contributed by atoms with Gasteiger partial charge in [0, 0.05) is 31.1 Å². The highest BCUT2D eigenvalue weighted by Gasteiger charge is 2.37. The third-order valence-electron chi connectivity index (χ3n) is 5.38. The molecule has 1 aromatic carbocycles. The molecule has 2 unspecified atom stereocenters. The molecule has 0 radical (unpaired) electrons. The van der Waals surface area contributed by atoms with E-state index in [1.54, 1.807) is 0 Å². The predicted molar refractivity (Wildman–Crippen MR) is 92.1 cm³/mol. The molecular formula is C20H25F3NO+. The molecular weight excluding hydrogens is 327 g/mol. The van der Waals surface area contributed by atoms with E-state index in [9.17, 15) is 18.3 Å². The summed E-state index contributed by atoms with van der Waals surface area (Å²) >= 11 is 0. The number of alkyl halides is 3. The summed E-state index contributed by atoms with van der Waals surface area (Å²) in [7, 11) is 0. The summed E-state index contributed by atoms with van der Waals surface area (Å²) in [5.41, 5.74) is 2.24. The van der Waals surface area contributed by atoms with Crippen LogP contribution in [-0.4, -0.2) is 34.7 Å². The van der Waals surface area contributed by atoms with E-state index in [2.05, 4.69) is 4.58 Å². The summed E-state index contributed by atoms with van der Waals surface area (Å²) in [5, 5.41) is 9.49. The Balaban J connectivity index is 1.86. The summed E-state index contributed by atoms with van der Waals surface area (Å²) in [6, 6.07) is 9.21. The first-order valence-corrected chi connectivity index (χ1v) is 9.08. The van der Waals surface area contributed by atoms with Crippen molar-refractivity contribution in [2.24, 2.45) is 5.92 Å². The summed E-state index contributed by atoms with van der Waals surface area (Å²) in [6.07, 6.45) is 2.51. The molecule has 1 saturated carbocycles. The molecule has 1 heterocycles. The summed E-state index contributed by atoms with van der Waals surface area (Å²) in [4.78, 5) is 0. The molecule has 2 atom stereocenters. The van der Waals surface area contributed by atoms with Gasteiger partial charge in [0.2, 0.25) is 0 Å². The fraction of sp³-hybridized carbons (Fsp3) is 0.550. The van der Waals surface area contributed by atoms with Crippen LogP contribution < -0.4 is 0 Å². The Morgan fingerprint density at radius 2 is 1.84 bits per heavy atom. The lowest BCUT2D eigenvalue weighted by Crippen LogP contribution is -2.23. The molecule has 1 saturated heterocycles. The number of halogens is 3. The predicted octanol–water partition coefficient (Wildman–Crippen LogP) is 5.21. The van der Waals surface area contributed by atoms with E-state index < -0.39 is 17.9 Å². The van der Waals surface area contributed by atoms with Gasteiger partial charge in [-0.05, 0) is 30.9 Å². The van der Waals surface area contributed by atoms with E-state index >= 15 is 0 Å². The van der Waals surface area contributed by atoms with E-state index in [1.807, 2.05) is 30.3 Å². The number of aliphatic hydroxyl groups is 1. The molecule has 5 heteroatoms. The van der Waals surface area contributed by atoms with Crippen LogP contribution in [0.15, 0.2) is 42.2 Å². The molecule has 1 aromatic rings. The van der Waals surface area contributed by atoms with Gasteiger partial charge >= 0.3 is 6.18 Å². The van der Waals surface area contributed by atoms with Gasteiger partial charge in [0.05, 0.1) is 0 Å². The van der Waals surface area contributed by atoms with Crippen molar-refractivity contribution >= 4 is 5.71 Å². The largest absolute Gasteiger partial charge is 0.504 e. The fourth-order valence-electron chi connectivity index (χ4n) is 4.17. The fourth-order valence-corrected chi connectivity index (χ4v) is 4.17. The molecule has 0 aromatic heterocycles. The Morgan fingerprint density at radius 3 is 2.48 bits per heavy atom. The maximum absolute atomic E-state index is 12.8. The number of hydrogen-bond acceptors (Lipinski definition) is 1. The maximum atomic E-state index is 12.8. The highest BCUT2D eigenvalue weighted by atomic mass is 19.4. The van der Waals surface area contributed by atoms with Gasteiger partial charge in [-0.15, -0.1) is 0 Å². The standard InChI is InChI=1S/C20H24F3NO/c21-20(22,23)19(25)14-17(15-7-2-1-3-8-15)13-16-9-6-10-18(16)24-11-4-5-12-24/h1-3,7-8,14,16-17H,4-6,9-13H2/p+1/b19-14-. The molecule has 1 N–H and O–H groups in total. The van der Waals surface area contributed by atoms with Crippen molar-refractivity contribution in [1.29, 1.82) is 0 Å². The lowest BCUT2D eigenvalue weighted by molar-refractivity contribution is -0.509. The smallest absolute Gasteiger partial charge is 0.448 e. The number of rotatable bonds is 4. The highest BCUT2D eigenvalue weighted by molar-refractivity contribution is 5.84. The van der Waals surface area contributed by atoms with Crippen LogP contribution >= 0.6 is 0 Å². The van der Waals surface area contributed by atoms with Crippen LogP contribution in [0, 0.1) is 5.92 Å². The SMILES string of the molecule is O/C(=C\C(CC1CCCC1=[N+]1CCCC1)c1ccccc1)C(F)(F)F. The van der Waals surface area contributed by atoms with Gasteiger partial charge in [-0.2, -0.15) is 13.2 Å². The number of benzene rings is 1. The second-order valence-electron chi connectivity index (χ2n) is 7.08. The molecule has 25 heavy (non-hydrogen) atoms. The Labute approximate surface area is 146 Å². The van der Waals surface area contributed by atoms with Gasteiger partial charge in [-0.1, -0.05) is 30.3 Å². The van der Waals surface area contributed by atoms with Crippen molar-refractivity contribution in [3.05, 3.63) is 47.7 Å². The zero-order valence-electron chi connectivity index (χ0n) is 14.3. The van der Waals surface area contributed by atoms with Crippen molar-refractivity contribution in [2.45, 2.75) is 50.6 Å². The summed E-state index contributed by atoms with van der Waals surface area (Å²) < 4.78 is 40.9. The topological polar surface area (TPSA) is 23.2 Å². The number of nitrogens with zero attached hydrogens (tertiary/aromatic N) is 1. The highest BCUT2D eigenvalue weighted by Crippen LogP contribution is 2.36. The molecule has 1 aliphatic carbocycles. The van der Waals surface area contributed by atoms with Crippen molar-refractivity contribution in [2.75, 3.05) is 13.1 Å². The molecule has 2 nitrogen and oxygen atoms in total. The lowest BCUT2D eigenvalue weighted by Gasteiger charge is -2.19. The second kappa shape index (κ2) is 7.63. The number of hydrogen-bond donors (Lipinski definition) is 1. The third kappa shape index (κ3) is 4.44. The average molecular weight is 352 g/mol. The minimum Gasteiger partial charge on any atom is -0.504 e. The molecule has 0 spiro atoms. The van der Waals surface area contributed by atoms with Crippen LogP contribution in [0.5, 0.6) is 0 Å². The Morgan fingerprint density at radius 1 is 1.16 bits per heavy atom. The second-order valence-corrected chi connectivity index (χ2v) is 7.08. The van der Waals surface area contributed by atoms with Gasteiger partial charge in [-0.25, -0.2) is 4.58 Å². The van der Waals surface area contributed by atoms with Crippen LogP contribution in [-0.2, 0) is 0 Å². The van der Waals surface area contributed by atoms with E-state index in [-0.39, 0.29) is 0 Å². The minimum absolute atomic E-state index is 0.306. The van der Waals surface area contributed by atoms with Crippen LogP contribution in [0.1, 0.15) is 50.0 Å². The Kier molecular flexibility index (Phi) is 5.50. The molecule has 2 aliphatic rings. The molecule has 0 bridgehead atoms. The van der Waals surface area contributed by atoms with E-state index in [0.29, 0.717) is 12.3 Å². The molecule has 3 rings (SSSR count). The summed E-state index contributed by atoms with van der Waals surface area (Å²) in [5.74, 6) is -1.61. The van der Waals surface area contributed by atoms with Gasteiger partial charge in [0.15, 0.2) is 11.5 Å². The van der Waals surface area contributed by atoms with Crippen molar-refractivity contribution < 1.29 is 22.9 Å². The lowest BCUT2D eigenvalue weighted by atomic mass is 9.86. The Bertz CT molecular complexity index is 641. The van der Waals surface area contributed by atoms with Gasteiger partial charge in [-0.3, -0.25) is 0 Å². The van der Waals surface area contributed by atoms with Crippen molar-refractivity contribution in [3.63, 3.8) is 0 Å². The van der Waals surface area contributed by atoms with Crippen LogP contribution in [0.4, 0.5) is 13.2 Å². The number of allylic oxidation sites excluding steroid dienone is 2. The zero-order valence-corrected chi connectivity index (χ0v) is 14.3. The van der Waals surface area contributed by atoms with Crippen LogP contribution in [0.2, 0.25) is 0 Å². The third-order valence-corrected chi connectivity index (χ3v) is 5.38. The normalized spacial score (nSPS) is 23.3. The average Bonchev–Trinajstić information content (AvgIpc) is 3.25. The number of aliphatic hydroxyl groups excluding tert-OH is 1. The quantitative estimate of drug-likeness (QED) is 0.583. The molecule has 136 valence electrons. The van der Waals surface area contributed by atoms with E-state index in [4.69, 9.17) is 0 Å². The zero-order chi connectivity index (χ0) is 17.9. The van der Waals surface area contributed by atoms with Crippen molar-refractivity contribution in [1.82, 2.24) is 0 Å². The van der Waals surface area contributed by atoms with E-state index in [1.165, 1.54) is 18.6 Å². The van der Waals surface area contributed by atoms with Crippen molar-refractivity contribution in [3.8, 4) is 0 Å². The first-order valence-electron chi connectivity index (χ1n) is 9.08. The maximum Gasteiger partial charge on any atom is 0.448 e. The van der Waals surface area contributed by atoms with Gasteiger partial charge < -0.3 is 5.11 Å². The first kappa shape index (κ1) is 18.0. The minimum atomic E-state index is -4.69. The van der Waals surface area contributed by atoms with Gasteiger partial charge in [0.25, 0.3) is 0 Å². The monoisotopic (exact) mass is 352 g/mol. The first-order chi connectivity index (χ1) is 11.9. The Hall–Kier alpha value is -1.78. The molecule has 0 amide bonds. The van der Waals surface area contributed by atoms with Gasteiger partial charge in [0.1, 0.15) is 13.1 Å². The van der Waals surface area contributed by atoms with Crippen LogP contribution in [0.25, 0.3) is 0 Å². The molecule has 1 aliphatic heterocycles. The van der Waals surface area contributed by atoms with Crippen LogP contribution in [0.3, 0.4) is 0 Å². The summed E-state index contributed by atoms with van der Waals surface area (Å²) in [6.45, 7) is 2.15. The van der Waals surface area contributed by atoms with E-state index in [0.717, 1.165) is 44.0 Å². The molecule has 2 fully saturated rings.